The summed E-state index contributed by atoms with van der Waals surface area (Å²) in [7, 11) is -3.70. The number of nitrogens with one attached hydrogen (secondary N) is 1. The summed E-state index contributed by atoms with van der Waals surface area (Å²) in [5.41, 5.74) is 2.83. The zero-order valence-electron chi connectivity index (χ0n) is 17.1. The number of benzene rings is 2. The minimum Gasteiger partial charge on any atom is -0.256 e. The monoisotopic (exact) mass is 528 g/mol. The molecule has 6 nitrogen and oxygen atoms in total. The molecule has 1 aliphatic heterocycles. The quantitative estimate of drug-likeness (QED) is 0.424. The number of thiazole rings is 1. The van der Waals surface area contributed by atoms with E-state index in [9.17, 15) is 8.42 Å². The summed E-state index contributed by atoms with van der Waals surface area (Å²) in [4.78, 5) is 4.21. The van der Waals surface area contributed by atoms with Crippen molar-refractivity contribution < 1.29 is 8.42 Å². The van der Waals surface area contributed by atoms with E-state index in [4.69, 9.17) is 39.9 Å². The second-order valence-electron chi connectivity index (χ2n) is 7.31. The molecule has 0 saturated carbocycles. The molecule has 11 heteroatoms. The first-order chi connectivity index (χ1) is 15.1. The van der Waals surface area contributed by atoms with E-state index < -0.39 is 10.0 Å². The molecule has 168 valence electrons. The molecule has 0 spiro atoms. The van der Waals surface area contributed by atoms with Crippen LogP contribution in [0.1, 0.15) is 28.7 Å². The molecule has 1 atom stereocenters. The summed E-state index contributed by atoms with van der Waals surface area (Å²) >= 11 is 19.7. The zero-order chi connectivity index (χ0) is 23.0. The molecule has 4 rings (SSSR count). The van der Waals surface area contributed by atoms with Crippen LogP contribution in [-0.2, 0) is 10.0 Å². The molecule has 0 bridgehead atoms. The van der Waals surface area contributed by atoms with Gasteiger partial charge in [-0.3, -0.25) is 5.01 Å². The third-order valence-corrected chi connectivity index (χ3v) is 8.83. The molecule has 32 heavy (non-hydrogen) atoms. The highest BCUT2D eigenvalue weighted by molar-refractivity contribution is 7.91. The van der Waals surface area contributed by atoms with Crippen LogP contribution in [0, 0.1) is 13.8 Å². The van der Waals surface area contributed by atoms with Crippen molar-refractivity contribution in [2.24, 2.45) is 5.10 Å². The van der Waals surface area contributed by atoms with Crippen molar-refractivity contribution in [2.45, 2.75) is 30.5 Å². The molecule has 3 aromatic rings. The van der Waals surface area contributed by atoms with E-state index >= 15 is 0 Å². The second kappa shape index (κ2) is 9.29. The van der Waals surface area contributed by atoms with Gasteiger partial charge in [-0.25, -0.2) is 18.1 Å². The highest BCUT2D eigenvalue weighted by Gasteiger charge is 2.31. The van der Waals surface area contributed by atoms with Gasteiger partial charge in [-0.1, -0.05) is 46.9 Å². The third kappa shape index (κ3) is 4.95. The summed E-state index contributed by atoms with van der Waals surface area (Å²) in [6.07, 6.45) is 0.518. The van der Waals surface area contributed by atoms with E-state index in [1.165, 1.54) is 0 Å². The van der Waals surface area contributed by atoms with Gasteiger partial charge in [0.05, 0.1) is 39.7 Å². The fraction of sp³-hybridized carbons (Fsp3) is 0.238. The second-order valence-corrected chi connectivity index (χ2v) is 11.8. The molecule has 0 amide bonds. The van der Waals surface area contributed by atoms with Crippen LogP contribution >= 0.6 is 46.1 Å². The lowest BCUT2D eigenvalue weighted by Crippen LogP contribution is -2.29. The summed E-state index contributed by atoms with van der Waals surface area (Å²) in [5, 5.41) is 8.81. The number of aryl methyl sites for hydroxylation is 2. The summed E-state index contributed by atoms with van der Waals surface area (Å²) in [6.45, 7) is 3.54. The van der Waals surface area contributed by atoms with Gasteiger partial charge < -0.3 is 0 Å². The van der Waals surface area contributed by atoms with Crippen molar-refractivity contribution in [3.8, 4) is 0 Å². The number of hydrogen-bond acceptors (Lipinski definition) is 6. The first-order valence-electron chi connectivity index (χ1n) is 9.64. The lowest BCUT2D eigenvalue weighted by Gasteiger charge is -2.25. The molecule has 1 unspecified atom stereocenters. The molecule has 1 aliphatic rings. The van der Waals surface area contributed by atoms with Crippen LogP contribution in [0.3, 0.4) is 0 Å². The maximum absolute atomic E-state index is 12.8. The number of anilines is 1. The maximum Gasteiger partial charge on any atom is 0.252 e. The average Bonchev–Trinajstić information content (AvgIpc) is 3.30. The van der Waals surface area contributed by atoms with Crippen LogP contribution in [0.15, 0.2) is 51.8 Å². The number of hydrogen-bond donors (Lipinski definition) is 1. The molecule has 1 N–H and O–H groups in total. The van der Waals surface area contributed by atoms with Crippen LogP contribution in [0.4, 0.5) is 5.69 Å². The zero-order valence-corrected chi connectivity index (χ0v) is 21.0. The van der Waals surface area contributed by atoms with Gasteiger partial charge in [-0.05, 0) is 49.7 Å². The molecule has 0 aliphatic carbocycles. The fourth-order valence-corrected chi connectivity index (χ4v) is 6.68. The number of halogens is 3. The Labute approximate surface area is 205 Å². The van der Waals surface area contributed by atoms with Crippen LogP contribution < -0.4 is 9.73 Å². The molecule has 1 aromatic heterocycles. The number of aromatic nitrogens is 1. The molecule has 2 aromatic carbocycles. The SMILES string of the molecule is Cc1nc(C)c(S(=O)(=O)NCC2=NN(c3ccc(Cl)cc3Cl)C(c3ccc(Cl)cc3)C2)s1. The minimum atomic E-state index is -3.70. The van der Waals surface area contributed by atoms with Crippen molar-refractivity contribution >= 4 is 67.6 Å². The highest BCUT2D eigenvalue weighted by atomic mass is 35.5. The smallest absolute Gasteiger partial charge is 0.252 e. The van der Waals surface area contributed by atoms with E-state index in [1.54, 1.807) is 37.1 Å². The van der Waals surface area contributed by atoms with Crippen molar-refractivity contribution in [1.29, 1.82) is 0 Å². The Hall–Kier alpha value is -1.68. The van der Waals surface area contributed by atoms with Gasteiger partial charge in [0.25, 0.3) is 10.0 Å². The van der Waals surface area contributed by atoms with Crippen molar-refractivity contribution in [3.63, 3.8) is 0 Å². The number of hydrazone groups is 1. The molecular formula is C21H19Cl3N4O2S2. The molecule has 2 heterocycles. The van der Waals surface area contributed by atoms with Gasteiger partial charge in [-0.2, -0.15) is 5.10 Å². The molecule has 0 fully saturated rings. The van der Waals surface area contributed by atoms with Crippen LogP contribution in [0.25, 0.3) is 0 Å². The van der Waals surface area contributed by atoms with E-state index in [0.29, 0.717) is 43.6 Å². The fourth-order valence-electron chi connectivity index (χ4n) is 3.52. The lowest BCUT2D eigenvalue weighted by atomic mass is 10.0. The average molecular weight is 530 g/mol. The van der Waals surface area contributed by atoms with Gasteiger partial charge in [0.15, 0.2) is 4.21 Å². The van der Waals surface area contributed by atoms with Gasteiger partial charge in [0.1, 0.15) is 0 Å². The summed E-state index contributed by atoms with van der Waals surface area (Å²) in [5.74, 6) is 0. The first kappa shape index (κ1) is 23.5. The lowest BCUT2D eigenvalue weighted by molar-refractivity contribution is 0.587. The first-order valence-corrected chi connectivity index (χ1v) is 13.1. The van der Waals surface area contributed by atoms with Crippen molar-refractivity contribution in [3.05, 3.63) is 73.8 Å². The number of nitrogens with zero attached hydrogens (tertiary/aromatic N) is 3. The summed E-state index contributed by atoms with van der Waals surface area (Å²) in [6, 6.07) is 12.5. The van der Waals surface area contributed by atoms with Gasteiger partial charge in [0, 0.05) is 16.5 Å². The van der Waals surface area contributed by atoms with Gasteiger partial charge >= 0.3 is 0 Å². The number of rotatable bonds is 6. The largest absolute Gasteiger partial charge is 0.256 e. The Morgan fingerprint density at radius 3 is 2.41 bits per heavy atom. The van der Waals surface area contributed by atoms with Crippen LogP contribution in [0.5, 0.6) is 0 Å². The van der Waals surface area contributed by atoms with Crippen LogP contribution in [0.2, 0.25) is 15.1 Å². The third-order valence-electron chi connectivity index (χ3n) is 4.96. The summed E-state index contributed by atoms with van der Waals surface area (Å²) < 4.78 is 28.5. The molecule has 0 radical (unpaired) electrons. The maximum atomic E-state index is 12.8. The standard InChI is InChI=1S/C21H19Cl3N4O2S2/c1-12-21(31-13(2)26-12)32(29,30)25-11-17-10-20(14-3-5-15(22)6-4-14)28(27-17)19-8-7-16(23)9-18(19)24/h3-9,20,25H,10-11H2,1-2H3. The minimum absolute atomic E-state index is 0.0739. The Kier molecular flexibility index (Phi) is 6.81. The normalized spacial score (nSPS) is 16.5. The predicted molar refractivity (Wildman–Crippen MR) is 132 cm³/mol. The van der Waals surface area contributed by atoms with Crippen molar-refractivity contribution in [2.75, 3.05) is 11.6 Å². The van der Waals surface area contributed by atoms with Crippen LogP contribution in [-0.4, -0.2) is 25.7 Å². The van der Waals surface area contributed by atoms with E-state index in [2.05, 4.69) is 9.71 Å². The molecule has 0 saturated heterocycles. The molecular weight excluding hydrogens is 511 g/mol. The van der Waals surface area contributed by atoms with Gasteiger partial charge in [0.2, 0.25) is 0 Å². The Morgan fingerprint density at radius 2 is 1.78 bits per heavy atom. The highest BCUT2D eigenvalue weighted by Crippen LogP contribution is 2.39. The van der Waals surface area contributed by atoms with Gasteiger partial charge in [-0.15, -0.1) is 11.3 Å². The van der Waals surface area contributed by atoms with Crippen molar-refractivity contribution in [1.82, 2.24) is 9.71 Å². The Bertz CT molecular complexity index is 1290. The number of sulfonamides is 1. The van der Waals surface area contributed by atoms with E-state index in [-0.39, 0.29) is 16.8 Å². The topological polar surface area (TPSA) is 74.7 Å². The van der Waals surface area contributed by atoms with E-state index in [0.717, 1.165) is 16.9 Å². The Balaban J connectivity index is 1.62. The Morgan fingerprint density at radius 1 is 1.09 bits per heavy atom. The van der Waals surface area contributed by atoms with E-state index in [1.807, 2.05) is 24.3 Å². The predicted octanol–water partition coefficient (Wildman–Crippen LogP) is 6.01.